The van der Waals surface area contributed by atoms with Crippen LogP contribution in [0.2, 0.25) is 0 Å². The van der Waals surface area contributed by atoms with Gasteiger partial charge in [0.1, 0.15) is 0 Å². The van der Waals surface area contributed by atoms with Gasteiger partial charge in [0.25, 0.3) is 0 Å². The smallest absolute Gasteiger partial charge is 0.0540 e. The normalized spacial score (nSPS) is 12.6. The van der Waals surface area contributed by atoms with Crippen LogP contribution in [-0.2, 0) is 5.41 Å². The lowest BCUT2D eigenvalue weighted by Gasteiger charge is -2.33. The maximum Gasteiger partial charge on any atom is 0.0540 e. The van der Waals surface area contributed by atoms with Crippen molar-refractivity contribution in [1.82, 2.24) is 0 Å². The third kappa shape index (κ3) is 5.34. The van der Waals surface area contributed by atoms with Gasteiger partial charge >= 0.3 is 0 Å². The molecule has 0 bridgehead atoms. The van der Waals surface area contributed by atoms with Crippen molar-refractivity contribution in [2.45, 2.75) is 19.3 Å². The van der Waals surface area contributed by atoms with Crippen molar-refractivity contribution in [2.75, 3.05) is 4.90 Å². The summed E-state index contributed by atoms with van der Waals surface area (Å²) in [6, 6.07) is 72.7. The summed E-state index contributed by atoms with van der Waals surface area (Å²) in [7, 11) is 0. The van der Waals surface area contributed by atoms with Gasteiger partial charge in [-0.05, 0) is 85.3 Å². The minimum Gasteiger partial charge on any atom is -0.310 e. The number of benzene rings is 8. The van der Waals surface area contributed by atoms with E-state index in [-0.39, 0.29) is 5.41 Å². The van der Waals surface area contributed by atoms with Crippen molar-refractivity contribution in [2.24, 2.45) is 0 Å². The van der Waals surface area contributed by atoms with Crippen LogP contribution in [0, 0.1) is 0 Å². The third-order valence-electron chi connectivity index (χ3n) is 10.7. The summed E-state index contributed by atoms with van der Waals surface area (Å²) >= 11 is 0. The monoisotopic (exact) mass is 665 g/mol. The zero-order valence-corrected chi connectivity index (χ0v) is 29.5. The second-order valence-corrected chi connectivity index (χ2v) is 14.1. The maximum atomic E-state index is 2.49. The van der Waals surface area contributed by atoms with E-state index in [1.807, 2.05) is 0 Å². The zero-order chi connectivity index (χ0) is 35.1. The van der Waals surface area contributed by atoms with Gasteiger partial charge in [-0.1, -0.05) is 190 Å². The molecule has 248 valence electrons. The SMILES string of the molecule is CC1(C)c2ccccc2-c2cccc(N(c3ccc(C(=C(c4ccccc4)c4ccccc4)c4ccccc4)cc3)c3cccc4ccccc34)c21. The molecule has 1 nitrogen and oxygen atoms in total. The van der Waals surface area contributed by atoms with E-state index in [1.54, 1.807) is 0 Å². The van der Waals surface area contributed by atoms with E-state index in [4.69, 9.17) is 0 Å². The molecule has 1 aliphatic rings. The zero-order valence-electron chi connectivity index (χ0n) is 29.5. The Morgan fingerprint density at radius 1 is 0.385 bits per heavy atom. The lowest BCUT2D eigenvalue weighted by atomic mass is 9.81. The molecule has 8 aromatic rings. The molecular formula is C51H39N. The number of hydrogen-bond donors (Lipinski definition) is 0. The van der Waals surface area contributed by atoms with Gasteiger partial charge in [-0.3, -0.25) is 0 Å². The number of rotatable bonds is 7. The molecule has 0 heterocycles. The first-order valence-corrected chi connectivity index (χ1v) is 18.1. The topological polar surface area (TPSA) is 3.24 Å². The minimum absolute atomic E-state index is 0.172. The Morgan fingerprint density at radius 2 is 0.846 bits per heavy atom. The molecule has 0 fully saturated rings. The van der Waals surface area contributed by atoms with Gasteiger partial charge in [0, 0.05) is 16.5 Å². The van der Waals surface area contributed by atoms with Crippen molar-refractivity contribution in [1.29, 1.82) is 0 Å². The summed E-state index contributed by atoms with van der Waals surface area (Å²) < 4.78 is 0. The van der Waals surface area contributed by atoms with Crippen LogP contribution in [0.25, 0.3) is 33.0 Å². The highest BCUT2D eigenvalue weighted by molar-refractivity contribution is 6.05. The molecule has 8 aromatic carbocycles. The lowest BCUT2D eigenvalue weighted by molar-refractivity contribution is 0.661. The molecule has 0 N–H and O–H groups in total. The second kappa shape index (κ2) is 13.0. The minimum atomic E-state index is -0.172. The van der Waals surface area contributed by atoms with E-state index >= 15 is 0 Å². The van der Waals surface area contributed by atoms with Gasteiger partial charge in [-0.2, -0.15) is 0 Å². The fourth-order valence-electron chi connectivity index (χ4n) is 8.32. The molecule has 0 saturated heterocycles. The van der Waals surface area contributed by atoms with E-state index in [9.17, 15) is 0 Å². The first-order chi connectivity index (χ1) is 25.6. The van der Waals surface area contributed by atoms with Crippen molar-refractivity contribution in [3.63, 3.8) is 0 Å². The fourth-order valence-corrected chi connectivity index (χ4v) is 8.32. The lowest BCUT2D eigenvalue weighted by Crippen LogP contribution is -2.20. The van der Waals surface area contributed by atoms with Crippen molar-refractivity contribution >= 4 is 39.0 Å². The van der Waals surface area contributed by atoms with E-state index in [1.165, 1.54) is 77.8 Å². The van der Waals surface area contributed by atoms with Crippen LogP contribution in [0.1, 0.15) is 47.2 Å². The Kier molecular flexibility index (Phi) is 7.90. The van der Waals surface area contributed by atoms with E-state index < -0.39 is 0 Å². The van der Waals surface area contributed by atoms with Crippen LogP contribution >= 0.6 is 0 Å². The van der Waals surface area contributed by atoms with Gasteiger partial charge in [-0.25, -0.2) is 0 Å². The first-order valence-electron chi connectivity index (χ1n) is 18.1. The van der Waals surface area contributed by atoms with Crippen molar-refractivity contribution < 1.29 is 0 Å². The molecule has 52 heavy (non-hydrogen) atoms. The van der Waals surface area contributed by atoms with Crippen LogP contribution in [0.15, 0.2) is 200 Å². The van der Waals surface area contributed by atoms with Crippen molar-refractivity contribution in [3.05, 3.63) is 234 Å². The van der Waals surface area contributed by atoms with Gasteiger partial charge in [0.05, 0.1) is 11.4 Å². The number of fused-ring (bicyclic) bond motifs is 4. The van der Waals surface area contributed by atoms with Gasteiger partial charge in [0.2, 0.25) is 0 Å². The van der Waals surface area contributed by atoms with E-state index in [0.29, 0.717) is 0 Å². The average molecular weight is 666 g/mol. The molecule has 0 aliphatic heterocycles. The molecule has 0 saturated carbocycles. The Bertz CT molecular complexity index is 2520. The predicted molar refractivity (Wildman–Crippen MR) is 221 cm³/mol. The van der Waals surface area contributed by atoms with Gasteiger partial charge in [0.15, 0.2) is 0 Å². The summed E-state index contributed by atoms with van der Waals surface area (Å²) in [5.74, 6) is 0. The molecule has 0 spiro atoms. The molecule has 0 aromatic heterocycles. The molecule has 0 atom stereocenters. The predicted octanol–water partition coefficient (Wildman–Crippen LogP) is 13.6. The summed E-state index contributed by atoms with van der Waals surface area (Å²) in [6.45, 7) is 4.74. The van der Waals surface area contributed by atoms with Crippen LogP contribution < -0.4 is 4.90 Å². The standard InChI is InChI=1S/C51H39N/c1-51(2)45-29-15-14-27-43(45)44-28-17-31-47(50(44)51)52(46-30-16-25-36-18-12-13-26-42(36)46)41-34-32-40(33-35-41)49(39-23-10-5-11-24-39)48(37-19-6-3-7-20-37)38-21-8-4-9-22-38/h3-35H,1-2H3. The molecule has 0 radical (unpaired) electrons. The Morgan fingerprint density at radius 3 is 1.48 bits per heavy atom. The van der Waals surface area contributed by atoms with Crippen LogP contribution in [0.5, 0.6) is 0 Å². The van der Waals surface area contributed by atoms with E-state index in [0.717, 1.165) is 5.69 Å². The summed E-state index contributed by atoms with van der Waals surface area (Å²) in [5, 5.41) is 2.45. The first kappa shape index (κ1) is 31.5. The Hall–Kier alpha value is -6.44. The second-order valence-electron chi connectivity index (χ2n) is 14.1. The molecule has 1 heteroatoms. The van der Waals surface area contributed by atoms with Crippen LogP contribution in [0.3, 0.4) is 0 Å². The van der Waals surface area contributed by atoms with Crippen LogP contribution in [-0.4, -0.2) is 0 Å². The summed E-state index contributed by atoms with van der Waals surface area (Å²) in [4.78, 5) is 2.49. The Balaban J connectivity index is 1.28. The highest BCUT2D eigenvalue weighted by Crippen LogP contribution is 2.54. The number of anilines is 3. The average Bonchev–Trinajstić information content (AvgIpc) is 3.45. The Labute approximate surface area is 306 Å². The number of hydrogen-bond acceptors (Lipinski definition) is 1. The largest absolute Gasteiger partial charge is 0.310 e. The van der Waals surface area contributed by atoms with Crippen molar-refractivity contribution in [3.8, 4) is 11.1 Å². The summed E-state index contributed by atoms with van der Waals surface area (Å²) in [6.07, 6.45) is 0. The number of nitrogens with zero attached hydrogens (tertiary/aromatic N) is 1. The highest BCUT2D eigenvalue weighted by Gasteiger charge is 2.38. The quantitative estimate of drug-likeness (QED) is 0.153. The van der Waals surface area contributed by atoms with E-state index in [2.05, 4.69) is 219 Å². The molecule has 0 unspecified atom stereocenters. The van der Waals surface area contributed by atoms with Gasteiger partial charge < -0.3 is 4.90 Å². The van der Waals surface area contributed by atoms with Crippen LogP contribution in [0.4, 0.5) is 17.1 Å². The molecule has 0 amide bonds. The fraction of sp³-hybridized carbons (Fsp3) is 0.0588. The van der Waals surface area contributed by atoms with Gasteiger partial charge in [-0.15, -0.1) is 0 Å². The third-order valence-corrected chi connectivity index (χ3v) is 10.7. The molecule has 9 rings (SSSR count). The molecular weight excluding hydrogens is 627 g/mol. The highest BCUT2D eigenvalue weighted by atomic mass is 15.1. The summed E-state index contributed by atoms with van der Waals surface area (Å²) in [5.41, 5.74) is 15.8. The maximum absolute atomic E-state index is 2.49. The molecule has 1 aliphatic carbocycles.